The highest BCUT2D eigenvalue weighted by atomic mass is 79.9. The van der Waals surface area contributed by atoms with Crippen LogP contribution >= 0.6 is 27.5 Å². The molecule has 94 valence electrons. The number of nitrogens with zero attached hydrogens (tertiary/aromatic N) is 1. The quantitative estimate of drug-likeness (QED) is 0.479. The third-order valence-corrected chi connectivity index (χ3v) is 5.21. The maximum Gasteiger partial charge on any atom is 0.273 e. The Labute approximate surface area is 112 Å². The monoisotopic (exact) mass is 341 g/mol. The number of alkyl halides is 1. The van der Waals surface area contributed by atoms with E-state index in [1.165, 1.54) is 19.1 Å². The first-order valence-electron chi connectivity index (χ1n) is 4.53. The SMILES string of the molecule is Cc1cc(S(=O)(=O)CCCl)c(Br)cc1[N+](=O)[O-]. The molecule has 5 nitrogen and oxygen atoms in total. The van der Waals surface area contributed by atoms with E-state index in [-0.39, 0.29) is 26.7 Å². The summed E-state index contributed by atoms with van der Waals surface area (Å²) in [6, 6.07) is 2.47. The predicted molar refractivity (Wildman–Crippen MR) is 68.3 cm³/mol. The maximum atomic E-state index is 11.8. The molecule has 0 heterocycles. The molecule has 0 saturated heterocycles. The molecule has 0 aliphatic heterocycles. The molecule has 0 fully saturated rings. The number of nitro benzene ring substituents is 1. The Morgan fingerprint density at radius 2 is 2.06 bits per heavy atom. The normalized spacial score (nSPS) is 11.5. The second-order valence-corrected chi connectivity index (χ2v) is 6.64. The van der Waals surface area contributed by atoms with Gasteiger partial charge < -0.3 is 0 Å². The van der Waals surface area contributed by atoms with Crippen molar-refractivity contribution in [3.05, 3.63) is 32.3 Å². The van der Waals surface area contributed by atoms with Gasteiger partial charge in [0.2, 0.25) is 0 Å². The lowest BCUT2D eigenvalue weighted by atomic mass is 10.2. The highest BCUT2D eigenvalue weighted by molar-refractivity contribution is 9.10. The molecule has 17 heavy (non-hydrogen) atoms. The van der Waals surface area contributed by atoms with Crippen molar-refractivity contribution >= 4 is 43.1 Å². The van der Waals surface area contributed by atoms with Crippen LogP contribution < -0.4 is 0 Å². The number of halogens is 2. The van der Waals surface area contributed by atoms with Crippen LogP contribution in [0.25, 0.3) is 0 Å². The van der Waals surface area contributed by atoms with Crippen LogP contribution in [0.5, 0.6) is 0 Å². The van der Waals surface area contributed by atoms with Crippen LogP contribution in [0.2, 0.25) is 0 Å². The smallest absolute Gasteiger partial charge is 0.258 e. The van der Waals surface area contributed by atoms with E-state index in [0.29, 0.717) is 5.56 Å². The average Bonchev–Trinajstić information content (AvgIpc) is 2.20. The van der Waals surface area contributed by atoms with E-state index in [1.807, 2.05) is 0 Å². The zero-order valence-electron chi connectivity index (χ0n) is 8.81. The summed E-state index contributed by atoms with van der Waals surface area (Å²) in [6.45, 7) is 1.49. The molecular weight excluding hydrogens is 334 g/mol. The predicted octanol–water partition coefficient (Wildman–Crippen LogP) is 2.68. The van der Waals surface area contributed by atoms with Gasteiger partial charge in [-0.25, -0.2) is 8.42 Å². The molecule has 0 aliphatic rings. The van der Waals surface area contributed by atoms with E-state index in [2.05, 4.69) is 15.9 Å². The largest absolute Gasteiger partial charge is 0.273 e. The fourth-order valence-electron chi connectivity index (χ4n) is 1.29. The molecule has 0 radical (unpaired) electrons. The van der Waals surface area contributed by atoms with Gasteiger partial charge in [-0.2, -0.15) is 0 Å². The molecule has 1 aromatic carbocycles. The van der Waals surface area contributed by atoms with Crippen molar-refractivity contribution < 1.29 is 13.3 Å². The summed E-state index contributed by atoms with van der Waals surface area (Å²) in [5.41, 5.74) is 0.174. The van der Waals surface area contributed by atoms with E-state index in [4.69, 9.17) is 11.6 Å². The van der Waals surface area contributed by atoms with Crippen LogP contribution in [-0.4, -0.2) is 25.0 Å². The molecule has 0 atom stereocenters. The highest BCUT2D eigenvalue weighted by Crippen LogP contribution is 2.30. The standard InChI is InChI=1S/C9H9BrClNO4S/c1-6-4-9(17(15,16)3-2-11)7(10)5-8(6)12(13)14/h4-5H,2-3H2,1H3. The van der Waals surface area contributed by atoms with Gasteiger partial charge in [0.15, 0.2) is 9.84 Å². The summed E-state index contributed by atoms with van der Waals surface area (Å²) in [5.74, 6) is -0.227. The first-order chi connectivity index (χ1) is 7.79. The second kappa shape index (κ2) is 5.32. The Hall–Kier alpha value is -0.660. The summed E-state index contributed by atoms with van der Waals surface area (Å²) in [7, 11) is -3.51. The van der Waals surface area contributed by atoms with E-state index < -0.39 is 14.8 Å². The van der Waals surface area contributed by atoms with Gasteiger partial charge >= 0.3 is 0 Å². The van der Waals surface area contributed by atoms with Gasteiger partial charge in [0.1, 0.15) is 0 Å². The van der Waals surface area contributed by atoms with Crippen LogP contribution in [-0.2, 0) is 9.84 Å². The van der Waals surface area contributed by atoms with Gasteiger partial charge in [0.05, 0.1) is 15.6 Å². The zero-order valence-corrected chi connectivity index (χ0v) is 12.0. The molecule has 0 N–H and O–H groups in total. The minimum atomic E-state index is -3.51. The second-order valence-electron chi connectivity index (χ2n) is 3.33. The Morgan fingerprint density at radius 1 is 1.47 bits per heavy atom. The van der Waals surface area contributed by atoms with Crippen molar-refractivity contribution in [3.63, 3.8) is 0 Å². The van der Waals surface area contributed by atoms with Gasteiger partial charge in [-0.3, -0.25) is 10.1 Å². The van der Waals surface area contributed by atoms with E-state index in [9.17, 15) is 18.5 Å². The summed E-state index contributed by atoms with van der Waals surface area (Å²) < 4.78 is 23.8. The fraction of sp³-hybridized carbons (Fsp3) is 0.333. The Kier molecular flexibility index (Phi) is 4.51. The first kappa shape index (κ1) is 14.4. The van der Waals surface area contributed by atoms with Crippen molar-refractivity contribution in [2.24, 2.45) is 0 Å². The molecule has 1 rings (SSSR count). The maximum absolute atomic E-state index is 11.8. The fourth-order valence-corrected chi connectivity index (χ4v) is 4.11. The Balaban J connectivity index is 3.40. The van der Waals surface area contributed by atoms with Gasteiger partial charge in [0, 0.05) is 22.0 Å². The molecule has 0 aliphatic carbocycles. The van der Waals surface area contributed by atoms with Crippen LogP contribution in [0.4, 0.5) is 5.69 Å². The van der Waals surface area contributed by atoms with Gasteiger partial charge in [-0.1, -0.05) is 0 Å². The van der Waals surface area contributed by atoms with Gasteiger partial charge in [0.25, 0.3) is 5.69 Å². The molecular formula is C9H9BrClNO4S. The summed E-state index contributed by atoms with van der Waals surface area (Å²) in [4.78, 5) is 10.1. The van der Waals surface area contributed by atoms with Crippen LogP contribution in [0, 0.1) is 17.0 Å². The first-order valence-corrected chi connectivity index (χ1v) is 7.51. The van der Waals surface area contributed by atoms with Crippen molar-refractivity contribution in [1.29, 1.82) is 0 Å². The third-order valence-electron chi connectivity index (χ3n) is 2.13. The van der Waals surface area contributed by atoms with Crippen molar-refractivity contribution in [3.8, 4) is 0 Å². The zero-order chi connectivity index (χ0) is 13.2. The number of aryl methyl sites for hydroxylation is 1. The number of hydrogen-bond acceptors (Lipinski definition) is 4. The van der Waals surface area contributed by atoms with Gasteiger partial charge in [-0.15, -0.1) is 11.6 Å². The molecule has 0 spiro atoms. The molecule has 0 aromatic heterocycles. The summed E-state index contributed by atoms with van der Waals surface area (Å²) >= 11 is 8.44. The molecule has 0 unspecified atom stereocenters. The van der Waals surface area contributed by atoms with E-state index in [1.54, 1.807) is 0 Å². The van der Waals surface area contributed by atoms with Crippen molar-refractivity contribution in [1.82, 2.24) is 0 Å². The summed E-state index contributed by atoms with van der Waals surface area (Å²) in [6.07, 6.45) is 0. The Morgan fingerprint density at radius 3 is 2.53 bits per heavy atom. The molecule has 0 amide bonds. The number of sulfone groups is 1. The number of hydrogen-bond donors (Lipinski definition) is 0. The topological polar surface area (TPSA) is 77.3 Å². The minimum Gasteiger partial charge on any atom is -0.258 e. The molecule has 0 saturated carbocycles. The van der Waals surface area contributed by atoms with Gasteiger partial charge in [-0.05, 0) is 28.9 Å². The van der Waals surface area contributed by atoms with Crippen molar-refractivity contribution in [2.75, 3.05) is 11.6 Å². The highest BCUT2D eigenvalue weighted by Gasteiger charge is 2.22. The summed E-state index contributed by atoms with van der Waals surface area (Å²) in [5, 5.41) is 10.7. The Bertz CT molecular complexity index is 558. The van der Waals surface area contributed by atoms with Crippen molar-refractivity contribution in [2.45, 2.75) is 11.8 Å². The van der Waals surface area contributed by atoms with Crippen LogP contribution in [0.3, 0.4) is 0 Å². The third kappa shape index (κ3) is 3.17. The van der Waals surface area contributed by atoms with Crippen LogP contribution in [0.15, 0.2) is 21.5 Å². The lowest BCUT2D eigenvalue weighted by molar-refractivity contribution is -0.385. The molecule has 0 bridgehead atoms. The number of benzene rings is 1. The van der Waals surface area contributed by atoms with E-state index in [0.717, 1.165) is 0 Å². The lowest BCUT2D eigenvalue weighted by Gasteiger charge is -2.06. The number of nitro groups is 1. The lowest BCUT2D eigenvalue weighted by Crippen LogP contribution is -2.09. The minimum absolute atomic E-state index is 0.0230. The average molecular weight is 343 g/mol. The van der Waals surface area contributed by atoms with Crippen LogP contribution in [0.1, 0.15) is 5.56 Å². The number of rotatable bonds is 4. The van der Waals surface area contributed by atoms with E-state index >= 15 is 0 Å². The molecule has 1 aromatic rings. The molecule has 8 heteroatoms.